The van der Waals surface area contributed by atoms with Crippen LogP contribution in [0.3, 0.4) is 0 Å². The maximum absolute atomic E-state index is 12.6. The molecule has 6 nitrogen and oxygen atoms in total. The quantitative estimate of drug-likeness (QED) is 0.646. The molecule has 114 valence electrons. The van der Waals surface area contributed by atoms with Crippen LogP contribution in [-0.2, 0) is 0 Å². The second kappa shape index (κ2) is 6.87. The van der Waals surface area contributed by atoms with Gasteiger partial charge in [0.05, 0.1) is 4.92 Å². The minimum Gasteiger partial charge on any atom is -0.396 e. The third kappa shape index (κ3) is 3.51. The maximum Gasteiger partial charge on any atom is 0.282 e. The van der Waals surface area contributed by atoms with Gasteiger partial charge in [-0.3, -0.25) is 14.9 Å². The van der Waals surface area contributed by atoms with Crippen molar-refractivity contribution in [3.8, 4) is 0 Å². The van der Waals surface area contributed by atoms with Crippen molar-refractivity contribution in [3.63, 3.8) is 0 Å². The average molecular weight is 313 g/mol. The number of aliphatic hydroxyl groups is 1. The Balaban J connectivity index is 2.30. The highest BCUT2D eigenvalue weighted by molar-refractivity contribution is 6.31. The fourth-order valence-electron chi connectivity index (χ4n) is 2.38. The summed E-state index contributed by atoms with van der Waals surface area (Å²) >= 11 is 5.87. The highest BCUT2D eigenvalue weighted by Gasteiger charge is 2.32. The summed E-state index contributed by atoms with van der Waals surface area (Å²) in [5.74, 6) is -0.387. The van der Waals surface area contributed by atoms with Gasteiger partial charge in [0.25, 0.3) is 11.6 Å². The van der Waals surface area contributed by atoms with Gasteiger partial charge in [0, 0.05) is 30.3 Å². The van der Waals surface area contributed by atoms with Crippen LogP contribution in [0.5, 0.6) is 0 Å². The first kappa shape index (κ1) is 15.7. The summed E-state index contributed by atoms with van der Waals surface area (Å²) in [6.45, 7) is 0.373. The van der Waals surface area contributed by atoms with E-state index in [1.807, 2.05) is 0 Å². The summed E-state index contributed by atoms with van der Waals surface area (Å²) in [4.78, 5) is 24.8. The fourth-order valence-corrected chi connectivity index (χ4v) is 2.55. The molecule has 0 atom stereocenters. The molecular weight excluding hydrogens is 296 g/mol. The largest absolute Gasteiger partial charge is 0.396 e. The first-order valence-electron chi connectivity index (χ1n) is 6.90. The molecule has 0 heterocycles. The molecule has 21 heavy (non-hydrogen) atoms. The van der Waals surface area contributed by atoms with E-state index in [0.717, 1.165) is 19.3 Å². The number of carbonyl (C=O) groups excluding carboxylic acids is 1. The van der Waals surface area contributed by atoms with E-state index in [0.29, 0.717) is 18.0 Å². The molecule has 0 bridgehead atoms. The van der Waals surface area contributed by atoms with E-state index in [-0.39, 0.29) is 29.8 Å². The van der Waals surface area contributed by atoms with Gasteiger partial charge in [-0.2, -0.15) is 0 Å². The van der Waals surface area contributed by atoms with Crippen LogP contribution < -0.4 is 0 Å². The monoisotopic (exact) mass is 312 g/mol. The third-order valence-electron chi connectivity index (χ3n) is 3.72. The number of nitro benzene ring substituents is 1. The van der Waals surface area contributed by atoms with Crippen LogP contribution in [0.2, 0.25) is 5.02 Å². The van der Waals surface area contributed by atoms with Crippen molar-refractivity contribution in [1.82, 2.24) is 4.90 Å². The normalized spacial score (nSPS) is 14.6. The molecule has 0 aliphatic heterocycles. The highest BCUT2D eigenvalue weighted by Crippen LogP contribution is 2.30. The lowest BCUT2D eigenvalue weighted by atomic mass is 9.90. The zero-order valence-electron chi connectivity index (χ0n) is 11.5. The number of amides is 1. The Kier molecular flexibility index (Phi) is 5.14. The number of hydrogen-bond acceptors (Lipinski definition) is 4. The Bertz CT molecular complexity index is 546. The second-order valence-electron chi connectivity index (χ2n) is 5.08. The summed E-state index contributed by atoms with van der Waals surface area (Å²) in [6, 6.07) is 4.09. The van der Waals surface area contributed by atoms with Crippen LogP contribution in [-0.4, -0.2) is 40.0 Å². The van der Waals surface area contributed by atoms with Crippen molar-refractivity contribution < 1.29 is 14.8 Å². The first-order chi connectivity index (χ1) is 10.0. The molecule has 1 N–H and O–H groups in total. The van der Waals surface area contributed by atoms with Crippen molar-refractivity contribution in [3.05, 3.63) is 38.9 Å². The Morgan fingerprint density at radius 3 is 2.71 bits per heavy atom. The van der Waals surface area contributed by atoms with E-state index >= 15 is 0 Å². The lowest BCUT2D eigenvalue weighted by Gasteiger charge is -2.37. The molecule has 1 saturated carbocycles. The Labute approximate surface area is 127 Å². The van der Waals surface area contributed by atoms with Gasteiger partial charge in [0.15, 0.2) is 0 Å². The predicted molar refractivity (Wildman–Crippen MR) is 78.5 cm³/mol. The zero-order valence-corrected chi connectivity index (χ0v) is 12.3. The molecule has 1 aromatic rings. The number of benzene rings is 1. The number of nitrogens with zero attached hydrogens (tertiary/aromatic N) is 2. The number of rotatable bonds is 6. The molecule has 7 heteroatoms. The minimum atomic E-state index is -0.575. The van der Waals surface area contributed by atoms with Crippen molar-refractivity contribution >= 4 is 23.2 Å². The van der Waals surface area contributed by atoms with Crippen LogP contribution in [0.1, 0.15) is 36.0 Å². The maximum atomic E-state index is 12.6. The average Bonchev–Trinajstić information content (AvgIpc) is 2.40. The standard InChI is InChI=1S/C14H17ClN2O4/c15-10-5-6-13(17(20)21)12(9-10)14(19)16(7-2-8-18)11-3-1-4-11/h5-6,9,11,18H,1-4,7-8H2. The Morgan fingerprint density at radius 2 is 2.19 bits per heavy atom. The van der Waals surface area contributed by atoms with E-state index in [1.54, 1.807) is 4.90 Å². The van der Waals surface area contributed by atoms with Gasteiger partial charge in [-0.25, -0.2) is 0 Å². The van der Waals surface area contributed by atoms with Gasteiger partial charge in [-0.05, 0) is 37.8 Å². The van der Waals surface area contributed by atoms with Crippen LogP contribution in [0.4, 0.5) is 5.69 Å². The van der Waals surface area contributed by atoms with E-state index in [4.69, 9.17) is 16.7 Å². The molecule has 0 aromatic heterocycles. The van der Waals surface area contributed by atoms with Crippen LogP contribution in [0.15, 0.2) is 18.2 Å². The number of hydrogen-bond donors (Lipinski definition) is 1. The highest BCUT2D eigenvalue weighted by atomic mass is 35.5. The lowest BCUT2D eigenvalue weighted by Crippen LogP contribution is -2.45. The van der Waals surface area contributed by atoms with E-state index in [9.17, 15) is 14.9 Å². The van der Waals surface area contributed by atoms with Gasteiger partial charge < -0.3 is 10.0 Å². The molecule has 1 aliphatic rings. The van der Waals surface area contributed by atoms with Gasteiger partial charge in [0.2, 0.25) is 0 Å². The van der Waals surface area contributed by atoms with Crippen molar-refractivity contribution in [2.45, 2.75) is 31.7 Å². The van der Waals surface area contributed by atoms with Gasteiger partial charge in [0.1, 0.15) is 5.56 Å². The molecule has 0 radical (unpaired) electrons. The third-order valence-corrected chi connectivity index (χ3v) is 3.95. The summed E-state index contributed by atoms with van der Waals surface area (Å²) < 4.78 is 0. The predicted octanol–water partition coefficient (Wildman–Crippen LogP) is 2.63. The molecular formula is C14H17ClN2O4. The van der Waals surface area contributed by atoms with Crippen molar-refractivity contribution in [2.24, 2.45) is 0 Å². The number of nitro groups is 1. The van der Waals surface area contributed by atoms with Crippen LogP contribution >= 0.6 is 11.6 Å². The first-order valence-corrected chi connectivity index (χ1v) is 7.28. The number of halogens is 1. The van der Waals surface area contributed by atoms with Crippen molar-refractivity contribution in [2.75, 3.05) is 13.2 Å². The van der Waals surface area contributed by atoms with Gasteiger partial charge in [-0.1, -0.05) is 11.6 Å². The summed E-state index contributed by atoms with van der Waals surface area (Å²) in [5, 5.41) is 20.3. The minimum absolute atomic E-state index is 0.0114. The number of aliphatic hydroxyl groups excluding tert-OH is 1. The summed E-state index contributed by atoms with van der Waals surface area (Å²) in [5.41, 5.74) is -0.227. The molecule has 0 saturated heterocycles. The lowest BCUT2D eigenvalue weighted by molar-refractivity contribution is -0.385. The SMILES string of the molecule is O=C(c1cc(Cl)ccc1[N+](=O)[O-])N(CCCO)C1CCC1. The van der Waals surface area contributed by atoms with Crippen molar-refractivity contribution in [1.29, 1.82) is 0 Å². The summed E-state index contributed by atoms with van der Waals surface area (Å²) in [6.07, 6.45) is 3.29. The van der Waals surface area contributed by atoms with Crippen LogP contribution in [0, 0.1) is 10.1 Å². The number of carbonyl (C=O) groups is 1. The smallest absolute Gasteiger partial charge is 0.282 e. The molecule has 1 amide bonds. The second-order valence-corrected chi connectivity index (χ2v) is 5.52. The molecule has 2 rings (SSSR count). The summed E-state index contributed by atoms with van der Waals surface area (Å²) in [7, 11) is 0. The molecule has 0 unspecified atom stereocenters. The van der Waals surface area contributed by atoms with Crippen LogP contribution in [0.25, 0.3) is 0 Å². The fraction of sp³-hybridized carbons (Fsp3) is 0.500. The molecule has 1 aromatic carbocycles. The molecule has 1 aliphatic carbocycles. The van der Waals surface area contributed by atoms with E-state index < -0.39 is 4.92 Å². The van der Waals surface area contributed by atoms with E-state index in [2.05, 4.69) is 0 Å². The molecule has 1 fully saturated rings. The molecule has 0 spiro atoms. The van der Waals surface area contributed by atoms with Gasteiger partial charge >= 0.3 is 0 Å². The zero-order chi connectivity index (χ0) is 15.4. The Hall–Kier alpha value is -1.66. The Morgan fingerprint density at radius 1 is 1.48 bits per heavy atom. The van der Waals surface area contributed by atoms with Gasteiger partial charge in [-0.15, -0.1) is 0 Å². The van der Waals surface area contributed by atoms with E-state index in [1.165, 1.54) is 18.2 Å². The topological polar surface area (TPSA) is 83.7 Å².